The van der Waals surface area contributed by atoms with E-state index < -0.39 is 0 Å². The first-order valence-corrected chi connectivity index (χ1v) is 11.5. The Morgan fingerprint density at radius 1 is 1.00 bits per heavy atom. The van der Waals surface area contributed by atoms with Gasteiger partial charge in [0.25, 0.3) is 0 Å². The van der Waals surface area contributed by atoms with Crippen LogP contribution in [0.15, 0.2) is 28.7 Å². The average molecular weight is 460 g/mol. The second kappa shape index (κ2) is 8.50. The van der Waals surface area contributed by atoms with Gasteiger partial charge in [-0.2, -0.15) is 0 Å². The Hall–Kier alpha value is -1.82. The summed E-state index contributed by atoms with van der Waals surface area (Å²) < 4.78 is 3.15. The summed E-state index contributed by atoms with van der Waals surface area (Å²) >= 11 is 3.66. The molecule has 156 valence electrons. The van der Waals surface area contributed by atoms with Crippen LogP contribution in [0.25, 0.3) is 10.9 Å². The van der Waals surface area contributed by atoms with Gasteiger partial charge in [-0.25, -0.2) is 0 Å². The van der Waals surface area contributed by atoms with Crippen LogP contribution in [0.2, 0.25) is 0 Å². The fourth-order valence-electron chi connectivity index (χ4n) is 4.69. The average Bonchev–Trinajstić information content (AvgIpc) is 2.99. The van der Waals surface area contributed by atoms with Gasteiger partial charge in [0.2, 0.25) is 11.8 Å². The van der Waals surface area contributed by atoms with Gasteiger partial charge in [0.05, 0.1) is 0 Å². The zero-order valence-corrected chi connectivity index (χ0v) is 19.0. The molecule has 1 aromatic heterocycles. The summed E-state index contributed by atoms with van der Waals surface area (Å²) in [6.45, 7) is 7.81. The fourth-order valence-corrected chi connectivity index (χ4v) is 5.24. The van der Waals surface area contributed by atoms with Crippen molar-refractivity contribution in [3.63, 3.8) is 0 Å². The van der Waals surface area contributed by atoms with E-state index in [9.17, 15) is 9.59 Å². The van der Waals surface area contributed by atoms with Crippen LogP contribution in [0.5, 0.6) is 0 Å². The van der Waals surface area contributed by atoms with Crippen LogP contribution in [-0.4, -0.2) is 52.4 Å². The normalized spacial score (nSPS) is 19.1. The Kier molecular flexibility index (Phi) is 6.00. The molecule has 29 heavy (non-hydrogen) atoms. The standard InChI is InChI=1S/C23H30BrN3O2/c1-16-7-11-26(12-8-16)23(29)18-9-13-25(14-10-18)21(28)15-27-17(2)22(24)19-5-3-4-6-20(19)27/h3-6,16,18H,7-15H2,1-2H3. The van der Waals surface area contributed by atoms with Gasteiger partial charge in [-0.05, 0) is 60.5 Å². The van der Waals surface area contributed by atoms with Gasteiger partial charge in [0, 0.05) is 53.2 Å². The van der Waals surface area contributed by atoms with E-state index in [0.717, 1.165) is 65.8 Å². The van der Waals surface area contributed by atoms with Gasteiger partial charge >= 0.3 is 0 Å². The molecule has 0 aliphatic carbocycles. The van der Waals surface area contributed by atoms with Crippen LogP contribution >= 0.6 is 15.9 Å². The summed E-state index contributed by atoms with van der Waals surface area (Å²) in [4.78, 5) is 29.8. The lowest BCUT2D eigenvalue weighted by atomic mass is 9.92. The molecule has 2 fully saturated rings. The molecule has 0 N–H and O–H groups in total. The number of carbonyl (C=O) groups excluding carboxylic acids is 2. The van der Waals surface area contributed by atoms with Crippen LogP contribution in [0.3, 0.4) is 0 Å². The maximum atomic E-state index is 13.0. The van der Waals surface area contributed by atoms with Gasteiger partial charge < -0.3 is 14.4 Å². The van der Waals surface area contributed by atoms with Gasteiger partial charge in [0.15, 0.2) is 0 Å². The van der Waals surface area contributed by atoms with Gasteiger partial charge in [-0.3, -0.25) is 9.59 Å². The summed E-state index contributed by atoms with van der Waals surface area (Å²) in [5.41, 5.74) is 2.15. The number of carbonyl (C=O) groups is 2. The number of nitrogens with zero attached hydrogens (tertiary/aromatic N) is 3. The predicted molar refractivity (Wildman–Crippen MR) is 119 cm³/mol. The molecule has 5 nitrogen and oxygen atoms in total. The summed E-state index contributed by atoms with van der Waals surface area (Å²) in [6, 6.07) is 8.16. The molecular weight excluding hydrogens is 430 g/mol. The third-order valence-electron chi connectivity index (χ3n) is 6.74. The van der Waals surface area contributed by atoms with E-state index >= 15 is 0 Å². The lowest BCUT2D eigenvalue weighted by Crippen LogP contribution is -2.47. The van der Waals surface area contributed by atoms with E-state index in [0.29, 0.717) is 25.5 Å². The molecule has 1 aromatic carbocycles. The fraction of sp³-hybridized carbons (Fsp3) is 0.565. The van der Waals surface area contributed by atoms with E-state index in [-0.39, 0.29) is 11.8 Å². The Morgan fingerprint density at radius 3 is 2.31 bits per heavy atom. The number of halogens is 1. The zero-order valence-electron chi connectivity index (χ0n) is 17.4. The molecular formula is C23H30BrN3O2. The minimum atomic E-state index is 0.0794. The number of piperidine rings is 2. The van der Waals surface area contributed by atoms with Crippen molar-refractivity contribution >= 4 is 38.6 Å². The Bertz CT molecular complexity index is 906. The van der Waals surface area contributed by atoms with Crippen LogP contribution < -0.4 is 0 Å². The van der Waals surface area contributed by atoms with Crippen molar-refractivity contribution in [1.29, 1.82) is 0 Å². The van der Waals surface area contributed by atoms with Gasteiger partial charge in [0.1, 0.15) is 6.54 Å². The molecule has 0 atom stereocenters. The van der Waals surface area contributed by atoms with Gasteiger partial charge in [-0.1, -0.05) is 25.1 Å². The van der Waals surface area contributed by atoms with E-state index in [1.165, 1.54) is 0 Å². The quantitative estimate of drug-likeness (QED) is 0.689. The number of hydrogen-bond acceptors (Lipinski definition) is 2. The number of hydrogen-bond donors (Lipinski definition) is 0. The van der Waals surface area contributed by atoms with Crippen LogP contribution in [0, 0.1) is 18.8 Å². The summed E-state index contributed by atoms with van der Waals surface area (Å²) in [7, 11) is 0. The maximum Gasteiger partial charge on any atom is 0.242 e. The smallest absolute Gasteiger partial charge is 0.242 e. The Labute approximate surface area is 181 Å². The van der Waals surface area contributed by atoms with Crippen LogP contribution in [0.1, 0.15) is 38.3 Å². The molecule has 2 aliphatic heterocycles. The van der Waals surface area contributed by atoms with Crippen molar-refractivity contribution in [1.82, 2.24) is 14.4 Å². The predicted octanol–water partition coefficient (Wildman–Crippen LogP) is 4.21. The first-order chi connectivity index (χ1) is 14.0. The number of benzene rings is 1. The molecule has 0 radical (unpaired) electrons. The number of rotatable bonds is 3. The molecule has 6 heteroatoms. The third-order valence-corrected chi connectivity index (χ3v) is 7.74. The highest BCUT2D eigenvalue weighted by molar-refractivity contribution is 9.10. The van der Waals surface area contributed by atoms with E-state index in [1.54, 1.807) is 0 Å². The SMILES string of the molecule is Cc1c(Br)c2ccccc2n1CC(=O)N1CCC(C(=O)N2CCC(C)CC2)CC1. The van der Waals surface area contributed by atoms with Crippen molar-refractivity contribution in [3.05, 3.63) is 34.4 Å². The molecule has 2 saturated heterocycles. The number of amides is 2. The highest BCUT2D eigenvalue weighted by Gasteiger charge is 2.31. The van der Waals surface area contributed by atoms with Crippen molar-refractivity contribution in [2.45, 2.75) is 46.1 Å². The molecule has 0 unspecified atom stereocenters. The lowest BCUT2D eigenvalue weighted by Gasteiger charge is -2.36. The first kappa shape index (κ1) is 20.5. The number of para-hydroxylation sites is 1. The number of fused-ring (bicyclic) bond motifs is 1. The molecule has 2 aromatic rings. The largest absolute Gasteiger partial charge is 0.342 e. The van der Waals surface area contributed by atoms with Crippen molar-refractivity contribution in [2.24, 2.45) is 11.8 Å². The van der Waals surface area contributed by atoms with E-state index in [2.05, 4.69) is 44.5 Å². The Balaban J connectivity index is 1.36. The minimum Gasteiger partial charge on any atom is -0.342 e. The minimum absolute atomic E-state index is 0.0794. The summed E-state index contributed by atoms with van der Waals surface area (Å²) in [5, 5.41) is 1.14. The Morgan fingerprint density at radius 2 is 1.62 bits per heavy atom. The molecule has 2 aliphatic rings. The topological polar surface area (TPSA) is 45.6 Å². The van der Waals surface area contributed by atoms with Crippen LogP contribution in [0.4, 0.5) is 0 Å². The molecule has 0 bridgehead atoms. The number of likely N-dealkylation sites (tertiary alicyclic amines) is 2. The monoisotopic (exact) mass is 459 g/mol. The second-order valence-electron chi connectivity index (χ2n) is 8.67. The first-order valence-electron chi connectivity index (χ1n) is 10.8. The zero-order chi connectivity index (χ0) is 20.5. The molecule has 3 heterocycles. The molecule has 0 spiro atoms. The van der Waals surface area contributed by atoms with E-state index in [4.69, 9.17) is 0 Å². The maximum absolute atomic E-state index is 13.0. The molecule has 2 amide bonds. The summed E-state index contributed by atoms with van der Waals surface area (Å²) in [6.07, 6.45) is 3.79. The van der Waals surface area contributed by atoms with E-state index in [1.807, 2.05) is 24.0 Å². The highest BCUT2D eigenvalue weighted by atomic mass is 79.9. The third kappa shape index (κ3) is 4.09. The van der Waals surface area contributed by atoms with Crippen molar-refractivity contribution < 1.29 is 9.59 Å². The van der Waals surface area contributed by atoms with Crippen LogP contribution in [-0.2, 0) is 16.1 Å². The van der Waals surface area contributed by atoms with Crippen molar-refractivity contribution in [3.8, 4) is 0 Å². The highest BCUT2D eigenvalue weighted by Crippen LogP contribution is 2.31. The number of aromatic nitrogens is 1. The molecule has 0 saturated carbocycles. The summed E-state index contributed by atoms with van der Waals surface area (Å²) in [5.74, 6) is 1.25. The second-order valence-corrected chi connectivity index (χ2v) is 9.46. The molecule has 4 rings (SSSR count). The lowest BCUT2D eigenvalue weighted by molar-refractivity contribution is -0.141. The van der Waals surface area contributed by atoms with Gasteiger partial charge in [-0.15, -0.1) is 0 Å². The van der Waals surface area contributed by atoms with Crippen molar-refractivity contribution in [2.75, 3.05) is 26.2 Å².